The average Bonchev–Trinajstić information content (AvgIpc) is 2.91. The van der Waals surface area contributed by atoms with Gasteiger partial charge in [-0.15, -0.1) is 0 Å². The Morgan fingerprint density at radius 2 is 1.83 bits per heavy atom. The molecule has 1 saturated heterocycles. The van der Waals surface area contributed by atoms with Crippen LogP contribution in [-0.2, 0) is 5.41 Å². The van der Waals surface area contributed by atoms with E-state index in [1.165, 1.54) is 31.4 Å². The van der Waals surface area contributed by atoms with Crippen LogP contribution in [0.25, 0.3) is 0 Å². The highest BCUT2D eigenvalue weighted by Gasteiger charge is 2.53. The number of hydrogen-bond acceptors (Lipinski definition) is 3. The van der Waals surface area contributed by atoms with Gasteiger partial charge in [0.15, 0.2) is 11.5 Å². The monoisotopic (exact) mass is 345 g/mol. The molecule has 24 heavy (non-hydrogen) atoms. The molecule has 1 heterocycles. The third kappa shape index (κ3) is 2.60. The van der Waals surface area contributed by atoms with Crippen molar-refractivity contribution in [2.24, 2.45) is 0 Å². The molecule has 3 nitrogen and oxygen atoms in total. The van der Waals surface area contributed by atoms with Gasteiger partial charge in [-0.25, -0.2) is 0 Å². The Labute approximate surface area is 147 Å². The standard InChI is InChI=1S/C20H31NO2Si/c1-21-13-12-20(15-10-11-16(22-2)17(14-15)23-3)18(21)8-7-9-19(20)24(4,5)6/h9-11,14,18H,7-8,12-13H2,1-6H3/t18-,20+/m0/s1. The van der Waals surface area contributed by atoms with E-state index in [9.17, 15) is 0 Å². The number of rotatable bonds is 4. The van der Waals surface area contributed by atoms with Crippen LogP contribution in [0.15, 0.2) is 29.5 Å². The summed E-state index contributed by atoms with van der Waals surface area (Å²) in [5.41, 5.74) is 1.56. The summed E-state index contributed by atoms with van der Waals surface area (Å²) in [7, 11) is 4.31. The largest absolute Gasteiger partial charge is 0.493 e. The lowest BCUT2D eigenvalue weighted by molar-refractivity contribution is 0.245. The summed E-state index contributed by atoms with van der Waals surface area (Å²) in [6.07, 6.45) is 6.24. The van der Waals surface area contributed by atoms with E-state index in [-0.39, 0.29) is 5.41 Å². The molecule has 4 heteroatoms. The van der Waals surface area contributed by atoms with E-state index in [2.05, 4.69) is 55.9 Å². The summed E-state index contributed by atoms with van der Waals surface area (Å²) in [5, 5.41) is 1.72. The fourth-order valence-electron chi connectivity index (χ4n) is 4.98. The summed E-state index contributed by atoms with van der Waals surface area (Å²) in [6.45, 7) is 8.63. The molecule has 0 amide bonds. The fraction of sp³-hybridized carbons (Fsp3) is 0.600. The number of methoxy groups -OCH3 is 2. The van der Waals surface area contributed by atoms with Gasteiger partial charge in [0.2, 0.25) is 0 Å². The van der Waals surface area contributed by atoms with Crippen molar-refractivity contribution < 1.29 is 9.47 Å². The quantitative estimate of drug-likeness (QED) is 0.762. The molecule has 0 saturated carbocycles. The second-order valence-corrected chi connectivity index (χ2v) is 13.3. The lowest BCUT2D eigenvalue weighted by Crippen LogP contribution is -2.50. The van der Waals surface area contributed by atoms with Crippen molar-refractivity contribution in [3.63, 3.8) is 0 Å². The minimum atomic E-state index is -1.41. The minimum Gasteiger partial charge on any atom is -0.493 e. The van der Waals surface area contributed by atoms with Gasteiger partial charge >= 0.3 is 0 Å². The number of allylic oxidation sites excluding steroid dienone is 1. The van der Waals surface area contributed by atoms with E-state index in [0.29, 0.717) is 6.04 Å². The van der Waals surface area contributed by atoms with Gasteiger partial charge < -0.3 is 14.4 Å². The van der Waals surface area contributed by atoms with Crippen LogP contribution in [0, 0.1) is 0 Å². The Hall–Kier alpha value is -1.26. The maximum Gasteiger partial charge on any atom is 0.161 e. The van der Waals surface area contributed by atoms with Gasteiger partial charge in [-0.3, -0.25) is 0 Å². The molecule has 1 aromatic rings. The lowest BCUT2D eigenvalue weighted by Gasteiger charge is -2.47. The summed E-state index contributed by atoms with van der Waals surface area (Å²) in [5.74, 6) is 1.66. The predicted octanol–water partition coefficient (Wildman–Crippen LogP) is 4.24. The summed E-state index contributed by atoms with van der Waals surface area (Å²) >= 11 is 0. The van der Waals surface area contributed by atoms with Crippen LogP contribution in [0.1, 0.15) is 24.8 Å². The SMILES string of the molecule is COc1ccc([C@]23CCN(C)[C@H]2CCC=C3[Si](C)(C)C)cc1OC. The van der Waals surface area contributed by atoms with Crippen molar-refractivity contribution in [2.75, 3.05) is 27.8 Å². The van der Waals surface area contributed by atoms with Gasteiger partial charge in [-0.05, 0) is 50.6 Å². The van der Waals surface area contributed by atoms with E-state index < -0.39 is 8.07 Å². The van der Waals surface area contributed by atoms with Crippen LogP contribution in [-0.4, -0.2) is 46.8 Å². The van der Waals surface area contributed by atoms with E-state index in [0.717, 1.165) is 11.5 Å². The second kappa shape index (κ2) is 6.23. The molecule has 2 aliphatic rings. The molecule has 0 spiro atoms. The van der Waals surface area contributed by atoms with Crippen molar-refractivity contribution in [1.82, 2.24) is 4.90 Å². The highest BCUT2D eigenvalue weighted by molar-refractivity contribution is 6.83. The lowest BCUT2D eigenvalue weighted by atomic mass is 9.69. The second-order valence-electron chi connectivity index (χ2n) is 8.23. The minimum absolute atomic E-state index is 0.150. The van der Waals surface area contributed by atoms with Crippen LogP contribution in [0.5, 0.6) is 11.5 Å². The molecule has 1 aliphatic heterocycles. The number of nitrogens with zero attached hydrogens (tertiary/aromatic N) is 1. The normalized spacial score (nSPS) is 27.6. The predicted molar refractivity (Wildman–Crippen MR) is 103 cm³/mol. The molecular weight excluding hydrogens is 314 g/mol. The van der Waals surface area contributed by atoms with E-state index in [4.69, 9.17) is 9.47 Å². The molecule has 0 aromatic heterocycles. The number of benzene rings is 1. The van der Waals surface area contributed by atoms with Gasteiger partial charge in [0.1, 0.15) is 0 Å². The van der Waals surface area contributed by atoms with Crippen molar-refractivity contribution in [3.8, 4) is 11.5 Å². The van der Waals surface area contributed by atoms with Crippen LogP contribution >= 0.6 is 0 Å². The Morgan fingerprint density at radius 1 is 1.12 bits per heavy atom. The third-order valence-electron chi connectivity index (χ3n) is 5.94. The van der Waals surface area contributed by atoms with Crippen LogP contribution in [0.3, 0.4) is 0 Å². The zero-order chi connectivity index (χ0) is 17.5. The van der Waals surface area contributed by atoms with Crippen LogP contribution in [0.2, 0.25) is 19.6 Å². The first-order valence-electron chi connectivity index (χ1n) is 8.98. The molecule has 0 N–H and O–H groups in total. The van der Waals surface area contributed by atoms with Crippen molar-refractivity contribution in [3.05, 3.63) is 35.0 Å². The molecule has 0 unspecified atom stereocenters. The molecule has 1 aliphatic carbocycles. The first-order valence-corrected chi connectivity index (χ1v) is 12.5. The molecule has 132 valence electrons. The zero-order valence-corrected chi connectivity index (χ0v) is 17.0. The van der Waals surface area contributed by atoms with Gasteiger partial charge in [-0.1, -0.05) is 37.0 Å². The van der Waals surface area contributed by atoms with Gasteiger partial charge in [0.25, 0.3) is 0 Å². The number of fused-ring (bicyclic) bond motifs is 1. The number of ether oxygens (including phenoxy) is 2. The molecule has 0 bridgehead atoms. The molecule has 2 atom stereocenters. The Balaban J connectivity index is 2.19. The number of likely N-dealkylation sites (tertiary alicyclic amines) is 1. The third-order valence-corrected chi connectivity index (χ3v) is 8.20. The Morgan fingerprint density at radius 3 is 2.46 bits per heavy atom. The van der Waals surface area contributed by atoms with Gasteiger partial charge in [-0.2, -0.15) is 0 Å². The highest BCUT2D eigenvalue weighted by Crippen LogP contribution is 2.53. The molecule has 3 rings (SSSR count). The average molecular weight is 346 g/mol. The summed E-state index contributed by atoms with van der Waals surface area (Å²) < 4.78 is 11.1. The maximum absolute atomic E-state index is 5.61. The number of hydrogen-bond donors (Lipinski definition) is 0. The number of likely N-dealkylation sites (N-methyl/N-ethyl adjacent to an activating group) is 1. The van der Waals surface area contributed by atoms with Crippen LogP contribution in [0.4, 0.5) is 0 Å². The molecule has 1 aromatic carbocycles. The van der Waals surface area contributed by atoms with Crippen molar-refractivity contribution in [2.45, 2.75) is 50.4 Å². The maximum atomic E-state index is 5.61. The first-order chi connectivity index (χ1) is 11.3. The Bertz CT molecular complexity index is 650. The van der Waals surface area contributed by atoms with Crippen LogP contribution < -0.4 is 9.47 Å². The van der Waals surface area contributed by atoms with E-state index in [1.54, 1.807) is 19.4 Å². The summed E-state index contributed by atoms with van der Waals surface area (Å²) in [4.78, 5) is 2.57. The molecular formula is C20H31NO2Si. The Kier molecular flexibility index (Phi) is 4.56. The smallest absolute Gasteiger partial charge is 0.161 e. The topological polar surface area (TPSA) is 21.7 Å². The van der Waals surface area contributed by atoms with E-state index in [1.807, 2.05) is 0 Å². The van der Waals surface area contributed by atoms with Gasteiger partial charge in [0, 0.05) is 11.5 Å². The van der Waals surface area contributed by atoms with Crippen molar-refractivity contribution in [1.29, 1.82) is 0 Å². The van der Waals surface area contributed by atoms with Crippen molar-refractivity contribution >= 4 is 8.07 Å². The molecule has 1 fully saturated rings. The van der Waals surface area contributed by atoms with E-state index >= 15 is 0 Å². The zero-order valence-electron chi connectivity index (χ0n) is 16.0. The fourth-order valence-corrected chi connectivity index (χ4v) is 7.51. The van der Waals surface area contributed by atoms with Gasteiger partial charge in [0.05, 0.1) is 22.3 Å². The highest BCUT2D eigenvalue weighted by atomic mass is 28.3. The first kappa shape index (κ1) is 17.6. The summed E-state index contributed by atoms with van der Waals surface area (Å²) in [6, 6.07) is 7.17. The molecule has 0 radical (unpaired) electrons.